The van der Waals surface area contributed by atoms with Crippen LogP contribution in [0.5, 0.6) is 0 Å². The summed E-state index contributed by atoms with van der Waals surface area (Å²) in [6.45, 7) is 7.11. The maximum Gasteiger partial charge on any atom is 0.245 e. The molecule has 3 aromatic rings. The van der Waals surface area contributed by atoms with Gasteiger partial charge < -0.3 is 25.2 Å². The van der Waals surface area contributed by atoms with Crippen molar-refractivity contribution in [2.45, 2.75) is 56.8 Å². The Morgan fingerprint density at radius 3 is 2.39 bits per heavy atom. The molecule has 9 heteroatoms. The second-order valence-electron chi connectivity index (χ2n) is 13.1. The minimum atomic E-state index is -0.655. The van der Waals surface area contributed by atoms with Gasteiger partial charge >= 0.3 is 0 Å². The van der Waals surface area contributed by atoms with Crippen molar-refractivity contribution in [1.29, 1.82) is 0 Å². The molecule has 2 N–H and O–H groups in total. The Balaban J connectivity index is 1.03. The van der Waals surface area contributed by atoms with Crippen LogP contribution in [0.25, 0.3) is 0 Å². The van der Waals surface area contributed by atoms with Crippen LogP contribution in [0.2, 0.25) is 5.02 Å². The number of anilines is 1. The van der Waals surface area contributed by atoms with Crippen molar-refractivity contribution in [3.05, 3.63) is 99.6 Å². The number of hydrogen-bond acceptors (Lipinski definition) is 6. The summed E-state index contributed by atoms with van der Waals surface area (Å²) < 4.78 is 5.61. The number of carbonyl (C=O) groups is 2. The lowest BCUT2D eigenvalue weighted by Gasteiger charge is -2.41. The molecule has 2 amide bonds. The molecule has 0 aromatic heterocycles. The van der Waals surface area contributed by atoms with Gasteiger partial charge in [0.25, 0.3) is 0 Å². The molecule has 0 radical (unpaired) electrons. The zero-order chi connectivity index (χ0) is 31.5. The number of fused-ring (bicyclic) bond motifs is 2. The van der Waals surface area contributed by atoms with Crippen molar-refractivity contribution < 1.29 is 14.3 Å². The smallest absolute Gasteiger partial charge is 0.245 e. The second kappa shape index (κ2) is 14.1. The third-order valence-corrected chi connectivity index (χ3v) is 10.5. The van der Waals surface area contributed by atoms with Crippen LogP contribution in [0.3, 0.4) is 0 Å². The molecule has 7 rings (SSSR count). The number of aryl methyl sites for hydroxylation is 1. The molecular weight excluding hydrogens is 598 g/mol. The fraction of sp³-hybridized carbons (Fsp3) is 0.459. The first kappa shape index (κ1) is 31.2. The predicted octanol–water partition coefficient (Wildman–Crippen LogP) is 3.62. The Bertz CT molecular complexity index is 1530. The van der Waals surface area contributed by atoms with Crippen LogP contribution >= 0.6 is 11.6 Å². The zero-order valence-corrected chi connectivity index (χ0v) is 27.2. The number of nitrogens with zero attached hydrogens (tertiary/aromatic N) is 3. The fourth-order valence-corrected chi connectivity index (χ4v) is 7.78. The number of benzene rings is 3. The molecule has 0 bridgehead atoms. The van der Waals surface area contributed by atoms with Gasteiger partial charge in [-0.15, -0.1) is 0 Å². The number of hydrogen-bond donors (Lipinski definition) is 2. The number of halogens is 1. The number of amides is 2. The van der Waals surface area contributed by atoms with Gasteiger partial charge in [0, 0.05) is 69.0 Å². The van der Waals surface area contributed by atoms with E-state index in [1.807, 2.05) is 41.3 Å². The van der Waals surface area contributed by atoms with Crippen LogP contribution in [0.4, 0.5) is 5.69 Å². The molecule has 3 aromatic carbocycles. The number of carbonyl (C=O) groups excluding carboxylic acids is 2. The van der Waals surface area contributed by atoms with Gasteiger partial charge in [-0.2, -0.15) is 0 Å². The van der Waals surface area contributed by atoms with Gasteiger partial charge in [-0.25, -0.2) is 0 Å². The Hall–Kier alpha value is -3.43. The van der Waals surface area contributed by atoms with Gasteiger partial charge in [-0.1, -0.05) is 60.1 Å². The lowest BCUT2D eigenvalue weighted by molar-refractivity contribution is -0.137. The van der Waals surface area contributed by atoms with E-state index in [0.29, 0.717) is 43.5 Å². The van der Waals surface area contributed by atoms with Crippen LogP contribution in [0.1, 0.15) is 34.2 Å². The molecule has 0 saturated carbocycles. The molecule has 46 heavy (non-hydrogen) atoms. The lowest BCUT2D eigenvalue weighted by Crippen LogP contribution is -2.58. The first-order valence-electron chi connectivity index (χ1n) is 16.8. The van der Waals surface area contributed by atoms with Crippen molar-refractivity contribution in [2.75, 3.05) is 57.4 Å². The maximum atomic E-state index is 14.1. The third kappa shape index (κ3) is 6.95. The van der Waals surface area contributed by atoms with E-state index in [0.717, 1.165) is 57.8 Å². The van der Waals surface area contributed by atoms with Crippen LogP contribution in [0, 0.1) is 0 Å². The number of ether oxygens (including phenoxy) is 1. The predicted molar refractivity (Wildman–Crippen MR) is 181 cm³/mol. The van der Waals surface area contributed by atoms with Crippen molar-refractivity contribution in [1.82, 2.24) is 20.4 Å². The van der Waals surface area contributed by atoms with Crippen LogP contribution in [-0.4, -0.2) is 92.2 Å². The first-order chi connectivity index (χ1) is 22.5. The van der Waals surface area contributed by atoms with E-state index in [9.17, 15) is 9.59 Å². The molecule has 3 aliphatic heterocycles. The molecule has 3 atom stereocenters. The molecule has 3 unspecified atom stereocenters. The minimum Gasteiger partial charge on any atom is -0.379 e. The average Bonchev–Trinajstić information content (AvgIpc) is 3.11. The summed E-state index contributed by atoms with van der Waals surface area (Å²) in [5.74, 6) is -0.159. The number of piperazine rings is 1. The summed E-state index contributed by atoms with van der Waals surface area (Å²) in [7, 11) is 0. The Morgan fingerprint density at radius 1 is 0.870 bits per heavy atom. The van der Waals surface area contributed by atoms with E-state index < -0.39 is 6.04 Å². The second-order valence-corrected chi connectivity index (χ2v) is 13.5. The van der Waals surface area contributed by atoms with E-state index in [1.54, 1.807) is 0 Å². The monoisotopic (exact) mass is 641 g/mol. The standard InChI is InChI=1S/C37H44ClN5O3/c38-30-11-8-26(9-12-30)22-34(40-36(44)33-23-28-4-1-2-5-29(28)25-39-33)37(45)43-16-14-42(15-17-43)35-7-3-6-27-10-13-31(24-32(27)35)41-18-20-46-21-19-41/h1-9,11-12,31,33-34,39H,10,13-25H2,(H,40,44). The molecule has 3 heterocycles. The molecule has 8 nitrogen and oxygen atoms in total. The maximum absolute atomic E-state index is 14.1. The van der Waals surface area contributed by atoms with Crippen LogP contribution in [-0.2, 0) is 46.6 Å². The minimum absolute atomic E-state index is 0.0263. The normalized spacial score (nSPS) is 22.5. The van der Waals surface area contributed by atoms with Crippen molar-refractivity contribution in [2.24, 2.45) is 0 Å². The van der Waals surface area contributed by atoms with Crippen LogP contribution < -0.4 is 15.5 Å². The van der Waals surface area contributed by atoms with E-state index in [4.69, 9.17) is 16.3 Å². The fourth-order valence-electron chi connectivity index (χ4n) is 7.66. The van der Waals surface area contributed by atoms with E-state index in [2.05, 4.69) is 50.8 Å². The van der Waals surface area contributed by atoms with E-state index in [-0.39, 0.29) is 17.9 Å². The number of morpholine rings is 1. The average molecular weight is 642 g/mol. The summed E-state index contributed by atoms with van der Waals surface area (Å²) in [6, 6.07) is 22.0. The van der Waals surface area contributed by atoms with Crippen LogP contribution in [0.15, 0.2) is 66.7 Å². The highest BCUT2D eigenvalue weighted by molar-refractivity contribution is 6.30. The van der Waals surface area contributed by atoms with Gasteiger partial charge in [0.05, 0.1) is 19.3 Å². The van der Waals surface area contributed by atoms with E-state index in [1.165, 1.54) is 34.4 Å². The Morgan fingerprint density at radius 2 is 1.61 bits per heavy atom. The van der Waals surface area contributed by atoms with Gasteiger partial charge in [-0.3, -0.25) is 14.5 Å². The number of rotatable bonds is 7. The highest BCUT2D eigenvalue weighted by Crippen LogP contribution is 2.33. The summed E-state index contributed by atoms with van der Waals surface area (Å²) in [4.78, 5) is 34.7. The largest absolute Gasteiger partial charge is 0.379 e. The molecule has 4 aliphatic rings. The lowest BCUT2D eigenvalue weighted by atomic mass is 9.85. The Kier molecular flexibility index (Phi) is 9.58. The van der Waals surface area contributed by atoms with Crippen molar-refractivity contribution in [3.8, 4) is 0 Å². The summed E-state index contributed by atoms with van der Waals surface area (Å²) >= 11 is 6.15. The highest BCUT2D eigenvalue weighted by Gasteiger charge is 2.33. The summed E-state index contributed by atoms with van der Waals surface area (Å²) in [6.07, 6.45) is 4.40. The van der Waals surface area contributed by atoms with Gasteiger partial charge in [-0.05, 0) is 71.7 Å². The summed E-state index contributed by atoms with van der Waals surface area (Å²) in [5, 5.41) is 7.17. The SMILES string of the molecule is O=C(NC(Cc1ccc(Cl)cc1)C(=O)N1CCN(c2cccc3c2CC(N2CCOCC2)CC3)CC1)C1Cc2ccccc2CN1. The highest BCUT2D eigenvalue weighted by atomic mass is 35.5. The molecular formula is C37H44ClN5O3. The molecule has 242 valence electrons. The van der Waals surface area contributed by atoms with Gasteiger partial charge in [0.15, 0.2) is 0 Å². The van der Waals surface area contributed by atoms with Crippen molar-refractivity contribution >= 4 is 29.1 Å². The van der Waals surface area contributed by atoms with E-state index >= 15 is 0 Å². The number of nitrogens with one attached hydrogen (secondary N) is 2. The quantitative estimate of drug-likeness (QED) is 0.411. The summed E-state index contributed by atoms with van der Waals surface area (Å²) in [5.41, 5.74) is 7.61. The third-order valence-electron chi connectivity index (χ3n) is 10.3. The topological polar surface area (TPSA) is 77.2 Å². The van der Waals surface area contributed by atoms with Gasteiger partial charge in [0.2, 0.25) is 11.8 Å². The Labute approximate surface area is 277 Å². The van der Waals surface area contributed by atoms with Gasteiger partial charge in [0.1, 0.15) is 6.04 Å². The molecule has 2 saturated heterocycles. The molecule has 2 fully saturated rings. The first-order valence-corrected chi connectivity index (χ1v) is 17.2. The zero-order valence-electron chi connectivity index (χ0n) is 26.4. The molecule has 0 spiro atoms. The molecule has 1 aliphatic carbocycles. The van der Waals surface area contributed by atoms with Crippen molar-refractivity contribution in [3.63, 3.8) is 0 Å².